The van der Waals surface area contributed by atoms with Crippen LogP contribution in [0.1, 0.15) is 36.8 Å². The van der Waals surface area contributed by atoms with Gasteiger partial charge in [-0.1, -0.05) is 54.1 Å². The van der Waals surface area contributed by atoms with Gasteiger partial charge in [0.2, 0.25) is 5.29 Å². The van der Waals surface area contributed by atoms with Gasteiger partial charge in [-0.05, 0) is 48.2 Å². The van der Waals surface area contributed by atoms with Gasteiger partial charge < -0.3 is 0 Å². The minimum Gasteiger partial charge on any atom is -0.233 e. The molecule has 2 aliphatic rings. The minimum atomic E-state index is -4.40. The number of alkyl halides is 2. The number of benzene rings is 2. The summed E-state index contributed by atoms with van der Waals surface area (Å²) in [6.07, 6.45) is -0.304. The summed E-state index contributed by atoms with van der Waals surface area (Å²) in [6.45, 7) is 0.904. The number of hydrazone groups is 1. The molecule has 1 saturated heterocycles. The van der Waals surface area contributed by atoms with Crippen molar-refractivity contribution >= 4 is 44.4 Å². The van der Waals surface area contributed by atoms with E-state index in [1.54, 1.807) is 12.1 Å². The van der Waals surface area contributed by atoms with Crippen molar-refractivity contribution in [3.05, 3.63) is 70.7 Å². The van der Waals surface area contributed by atoms with Gasteiger partial charge in [0.1, 0.15) is 0 Å². The van der Waals surface area contributed by atoms with E-state index < -0.39 is 28.0 Å². The molecule has 2 aliphatic heterocycles. The molecule has 2 atom stereocenters. The van der Waals surface area contributed by atoms with Crippen LogP contribution >= 0.6 is 23.2 Å². The highest BCUT2D eigenvalue weighted by atomic mass is 35.5. The summed E-state index contributed by atoms with van der Waals surface area (Å²) < 4.78 is 57.3. The predicted octanol–water partition coefficient (Wildman–Crippen LogP) is 5.10. The zero-order valence-corrected chi connectivity index (χ0v) is 20.0. The van der Waals surface area contributed by atoms with Crippen LogP contribution < -0.4 is 0 Å². The first-order valence-corrected chi connectivity index (χ1v) is 12.5. The number of halogens is 4. The summed E-state index contributed by atoms with van der Waals surface area (Å²) in [5.41, 5.74) is 2.43. The third-order valence-corrected chi connectivity index (χ3v) is 7.72. The van der Waals surface area contributed by atoms with Crippen LogP contribution in [0.4, 0.5) is 8.78 Å². The Labute approximate surface area is 201 Å². The van der Waals surface area contributed by atoms with Crippen molar-refractivity contribution in [3.63, 3.8) is 0 Å². The van der Waals surface area contributed by atoms with Gasteiger partial charge in [-0.2, -0.15) is 17.8 Å². The summed E-state index contributed by atoms with van der Waals surface area (Å²) in [7, 11) is -4.40. The first kappa shape index (κ1) is 24.1. The Balaban J connectivity index is 1.70. The second-order valence-electron chi connectivity index (χ2n) is 8.10. The van der Waals surface area contributed by atoms with Crippen molar-refractivity contribution in [2.24, 2.45) is 9.50 Å². The van der Waals surface area contributed by atoms with E-state index in [1.165, 1.54) is 5.01 Å². The first-order valence-electron chi connectivity index (χ1n) is 10.4. The summed E-state index contributed by atoms with van der Waals surface area (Å²) in [5, 5.41) is 6.09. The van der Waals surface area contributed by atoms with Crippen LogP contribution in [0, 0.1) is 0 Å². The van der Waals surface area contributed by atoms with Crippen LogP contribution in [-0.4, -0.2) is 53.8 Å². The smallest absolute Gasteiger partial charge is 0.233 e. The maximum Gasteiger partial charge on any atom is 0.325 e. The molecule has 1 fully saturated rings. The standard InChI is InChI=1S/C22H22Cl2F2N4O2S/c1-15-19(16-6-3-2-4-7-16)20(17-8-10-18(23)11-9-17)27-30(15)21(24)28-33(31,32)29-13-5-12-22(25,26)14-29/h2-4,6-11,15,19H,5,12-14H2,1H3/b28-21-/t15-,19+/m0/s1. The number of hydrogen-bond donors (Lipinski definition) is 0. The van der Waals surface area contributed by atoms with E-state index in [9.17, 15) is 17.2 Å². The molecule has 0 N–H and O–H groups in total. The summed E-state index contributed by atoms with van der Waals surface area (Å²) in [5.74, 6) is -3.33. The highest BCUT2D eigenvalue weighted by Gasteiger charge is 2.42. The van der Waals surface area contributed by atoms with Gasteiger partial charge in [-0.15, -0.1) is 4.40 Å². The van der Waals surface area contributed by atoms with Crippen molar-refractivity contribution < 1.29 is 17.2 Å². The van der Waals surface area contributed by atoms with Gasteiger partial charge in [-0.25, -0.2) is 13.8 Å². The van der Waals surface area contributed by atoms with Crippen LogP contribution in [0.25, 0.3) is 0 Å². The summed E-state index contributed by atoms with van der Waals surface area (Å²) in [6, 6.07) is 16.4. The average molecular weight is 515 g/mol. The Morgan fingerprint density at radius 3 is 2.45 bits per heavy atom. The second-order valence-corrected chi connectivity index (χ2v) is 10.5. The molecule has 2 aromatic carbocycles. The van der Waals surface area contributed by atoms with Crippen molar-refractivity contribution in [2.75, 3.05) is 13.1 Å². The molecule has 0 amide bonds. The van der Waals surface area contributed by atoms with Gasteiger partial charge >= 0.3 is 10.2 Å². The maximum atomic E-state index is 13.8. The van der Waals surface area contributed by atoms with Crippen LogP contribution in [0.2, 0.25) is 5.02 Å². The molecule has 0 aromatic heterocycles. The fourth-order valence-electron chi connectivity index (χ4n) is 4.12. The monoisotopic (exact) mass is 514 g/mol. The lowest BCUT2D eigenvalue weighted by Gasteiger charge is -2.30. The third-order valence-electron chi connectivity index (χ3n) is 5.74. The molecule has 0 radical (unpaired) electrons. The fraction of sp³-hybridized carbons (Fsp3) is 0.364. The number of amidine groups is 1. The normalized spacial score (nSPS) is 24.1. The highest BCUT2D eigenvalue weighted by Crippen LogP contribution is 2.36. The molecular weight excluding hydrogens is 493 g/mol. The molecule has 0 bridgehead atoms. The minimum absolute atomic E-state index is 0.0346. The first-order chi connectivity index (χ1) is 15.6. The van der Waals surface area contributed by atoms with Gasteiger partial charge in [0.15, 0.2) is 0 Å². The van der Waals surface area contributed by atoms with E-state index >= 15 is 0 Å². The fourth-order valence-corrected chi connectivity index (χ4v) is 5.81. The molecule has 6 nitrogen and oxygen atoms in total. The van der Waals surface area contributed by atoms with Crippen LogP contribution in [0.3, 0.4) is 0 Å². The van der Waals surface area contributed by atoms with E-state index in [0.717, 1.165) is 11.1 Å². The molecule has 176 valence electrons. The van der Waals surface area contributed by atoms with Crippen molar-refractivity contribution in [1.82, 2.24) is 9.31 Å². The van der Waals surface area contributed by atoms with Crippen molar-refractivity contribution in [1.29, 1.82) is 0 Å². The Kier molecular flexibility index (Phi) is 6.77. The van der Waals surface area contributed by atoms with Crippen molar-refractivity contribution in [2.45, 2.75) is 37.6 Å². The Hall–Kier alpha value is -2.07. The average Bonchev–Trinajstić information content (AvgIpc) is 3.11. The lowest BCUT2D eigenvalue weighted by atomic mass is 9.86. The molecule has 11 heteroatoms. The number of nitrogens with zero attached hydrogens (tertiary/aromatic N) is 4. The zero-order valence-electron chi connectivity index (χ0n) is 17.7. The molecule has 0 spiro atoms. The molecule has 2 heterocycles. The number of rotatable bonds is 4. The van der Waals surface area contributed by atoms with Crippen LogP contribution in [-0.2, 0) is 10.2 Å². The second kappa shape index (κ2) is 9.29. The highest BCUT2D eigenvalue weighted by molar-refractivity contribution is 7.88. The molecule has 33 heavy (non-hydrogen) atoms. The Bertz CT molecular complexity index is 1170. The summed E-state index contributed by atoms with van der Waals surface area (Å²) in [4.78, 5) is 0. The quantitative estimate of drug-likeness (QED) is 0.323. The lowest BCUT2D eigenvalue weighted by molar-refractivity contribution is -0.0434. The van der Waals surface area contributed by atoms with Gasteiger partial charge in [-0.3, -0.25) is 0 Å². The Morgan fingerprint density at radius 2 is 1.82 bits per heavy atom. The van der Waals surface area contributed by atoms with E-state index in [4.69, 9.17) is 23.2 Å². The number of hydrogen-bond acceptors (Lipinski definition) is 3. The molecule has 0 aliphatic carbocycles. The van der Waals surface area contributed by atoms with E-state index in [0.29, 0.717) is 15.0 Å². The number of piperidine rings is 1. The van der Waals surface area contributed by atoms with Crippen LogP contribution in [0.15, 0.2) is 64.1 Å². The largest absolute Gasteiger partial charge is 0.325 e. The predicted molar refractivity (Wildman–Crippen MR) is 126 cm³/mol. The zero-order chi connectivity index (χ0) is 23.8. The van der Waals surface area contributed by atoms with Gasteiger partial charge in [0.05, 0.1) is 24.2 Å². The van der Waals surface area contributed by atoms with E-state index in [1.807, 2.05) is 49.4 Å². The van der Waals surface area contributed by atoms with Crippen molar-refractivity contribution in [3.8, 4) is 0 Å². The van der Waals surface area contributed by atoms with Crippen LogP contribution in [0.5, 0.6) is 0 Å². The molecule has 0 unspecified atom stereocenters. The SMILES string of the molecule is C[C@H]1[C@H](c2ccccc2)C(c2ccc(Cl)cc2)=NN1/C(Cl)=N\S(=O)(=O)N1CCCC(F)(F)C1. The van der Waals surface area contributed by atoms with E-state index in [2.05, 4.69) is 9.50 Å². The van der Waals surface area contributed by atoms with E-state index in [-0.39, 0.29) is 31.3 Å². The molecule has 4 rings (SSSR count). The lowest BCUT2D eigenvalue weighted by Crippen LogP contribution is -2.45. The Morgan fingerprint density at radius 1 is 1.15 bits per heavy atom. The van der Waals surface area contributed by atoms with Gasteiger partial charge in [0.25, 0.3) is 5.92 Å². The molecule has 0 saturated carbocycles. The molecular formula is C22H22Cl2F2N4O2S. The third kappa shape index (κ3) is 5.21. The maximum absolute atomic E-state index is 13.8. The topological polar surface area (TPSA) is 65.3 Å². The molecule has 2 aromatic rings. The van der Waals surface area contributed by atoms with Gasteiger partial charge in [0, 0.05) is 18.0 Å². The summed E-state index contributed by atoms with van der Waals surface area (Å²) >= 11 is 12.4.